The zero-order valence-corrected chi connectivity index (χ0v) is 25.9. The first-order valence-electron chi connectivity index (χ1n) is 15.4. The van der Waals surface area contributed by atoms with Gasteiger partial charge in [-0.1, -0.05) is 66.7 Å². The number of nitrogens with zero attached hydrogens (tertiary/aromatic N) is 3. The first-order chi connectivity index (χ1) is 22.6. The zero-order chi connectivity index (χ0) is 32.6. The Labute approximate surface area is 269 Å². The number of aromatic nitrogens is 2. The Morgan fingerprint density at radius 3 is 1.51 bits per heavy atom. The van der Waals surface area contributed by atoms with E-state index in [4.69, 9.17) is 6.57 Å². The van der Waals surface area contributed by atoms with Crippen molar-refractivity contribution in [2.75, 3.05) is 0 Å². The highest BCUT2D eigenvalue weighted by atomic mass is 19.4. The van der Waals surface area contributed by atoms with E-state index in [1.54, 1.807) is 6.92 Å². The predicted octanol–water partition coefficient (Wildman–Crippen LogP) is 12.0. The molecule has 0 aliphatic carbocycles. The molecule has 228 valence electrons. The van der Waals surface area contributed by atoms with Crippen LogP contribution >= 0.6 is 0 Å². The first-order valence-corrected chi connectivity index (χ1v) is 15.4. The summed E-state index contributed by atoms with van der Waals surface area (Å²) in [5.41, 5.74) is 8.25. The number of hydrogen-bond acceptors (Lipinski definition) is 0. The maximum Gasteiger partial charge on any atom is 0.416 e. The summed E-state index contributed by atoms with van der Waals surface area (Å²) >= 11 is 0. The lowest BCUT2D eigenvalue weighted by atomic mass is 9.95. The summed E-state index contributed by atoms with van der Waals surface area (Å²) < 4.78 is 47.4. The molecule has 8 aromatic rings. The van der Waals surface area contributed by atoms with Gasteiger partial charge in [0.25, 0.3) is 0 Å². The molecule has 0 bridgehead atoms. The van der Waals surface area contributed by atoms with E-state index in [-0.39, 0.29) is 0 Å². The average Bonchev–Trinajstić information content (AvgIpc) is 3.55. The molecule has 0 radical (unpaired) electrons. The van der Waals surface area contributed by atoms with Gasteiger partial charge in [-0.15, -0.1) is 0 Å². The highest BCUT2D eigenvalue weighted by Crippen LogP contribution is 2.45. The van der Waals surface area contributed by atoms with Crippen molar-refractivity contribution in [2.45, 2.75) is 26.9 Å². The van der Waals surface area contributed by atoms with Gasteiger partial charge in [0.15, 0.2) is 5.69 Å². The summed E-state index contributed by atoms with van der Waals surface area (Å²) in [4.78, 5) is 3.92. The van der Waals surface area contributed by atoms with Gasteiger partial charge in [0.2, 0.25) is 0 Å². The monoisotopic (exact) mass is 619 g/mol. The number of rotatable bonds is 3. The van der Waals surface area contributed by atoms with Crippen molar-refractivity contribution in [2.24, 2.45) is 0 Å². The summed E-state index contributed by atoms with van der Waals surface area (Å²) in [6, 6.07) is 36.5. The Morgan fingerprint density at radius 2 is 1.02 bits per heavy atom. The predicted molar refractivity (Wildman–Crippen MR) is 186 cm³/mol. The quantitative estimate of drug-likeness (QED) is 0.175. The summed E-state index contributed by atoms with van der Waals surface area (Å²) in [6.07, 6.45) is -4.54. The van der Waals surface area contributed by atoms with Crippen molar-refractivity contribution < 1.29 is 13.2 Å². The van der Waals surface area contributed by atoms with Crippen LogP contribution in [0.1, 0.15) is 22.3 Å². The Bertz CT molecular complexity index is 2470. The average molecular weight is 620 g/mol. The van der Waals surface area contributed by atoms with Crippen molar-refractivity contribution >= 4 is 49.3 Å². The lowest BCUT2D eigenvalue weighted by molar-refractivity contribution is -0.137. The molecule has 0 aliphatic rings. The first kappa shape index (κ1) is 28.7. The maximum absolute atomic E-state index is 14.4. The Kier molecular flexibility index (Phi) is 6.32. The molecule has 47 heavy (non-hydrogen) atoms. The van der Waals surface area contributed by atoms with Gasteiger partial charge in [0, 0.05) is 38.5 Å². The lowest BCUT2D eigenvalue weighted by Gasteiger charge is -2.22. The molecule has 3 nitrogen and oxygen atoms in total. The number of para-hydroxylation sites is 2. The van der Waals surface area contributed by atoms with Crippen LogP contribution < -0.4 is 0 Å². The van der Waals surface area contributed by atoms with Crippen LogP contribution in [0.4, 0.5) is 18.9 Å². The molecule has 0 atom stereocenters. The van der Waals surface area contributed by atoms with E-state index in [9.17, 15) is 13.2 Å². The van der Waals surface area contributed by atoms with Crippen molar-refractivity contribution in [3.63, 3.8) is 0 Å². The highest BCUT2D eigenvalue weighted by Gasteiger charge is 2.32. The van der Waals surface area contributed by atoms with Crippen LogP contribution in [-0.4, -0.2) is 9.13 Å². The fourth-order valence-electron chi connectivity index (χ4n) is 7.08. The van der Waals surface area contributed by atoms with Crippen LogP contribution in [0, 0.1) is 27.3 Å². The maximum atomic E-state index is 14.4. The molecule has 0 saturated heterocycles. The second-order valence-corrected chi connectivity index (χ2v) is 12.3. The molecule has 0 spiro atoms. The largest absolute Gasteiger partial charge is 0.416 e. The minimum absolute atomic E-state index is 0.389. The Balaban J connectivity index is 1.63. The fraction of sp³-hybridized carbons (Fsp3) is 0.0976. The van der Waals surface area contributed by atoms with Gasteiger partial charge in [0.1, 0.15) is 0 Å². The van der Waals surface area contributed by atoms with Gasteiger partial charge < -0.3 is 9.13 Å². The molecule has 6 heteroatoms. The fourth-order valence-corrected chi connectivity index (χ4v) is 7.08. The van der Waals surface area contributed by atoms with Gasteiger partial charge in [-0.25, -0.2) is 4.85 Å². The third-order valence-electron chi connectivity index (χ3n) is 9.04. The lowest BCUT2D eigenvalue weighted by Crippen LogP contribution is -2.07. The zero-order valence-electron chi connectivity index (χ0n) is 25.9. The van der Waals surface area contributed by atoms with Gasteiger partial charge in [-0.2, -0.15) is 13.2 Å². The standard InChI is InChI=1S/C41H28F3N3/c1-24-13-15-32-30-9-5-7-11-34(30)46(36(32)19-24)38-22-29(45-4)23-39(40(38)27-17-26(3)18-28(21-27)41(42,43)44)47-35-12-8-6-10-31(35)33-16-14-25(2)20-37(33)47/h5-23H,1-3H3. The minimum Gasteiger partial charge on any atom is -0.310 e. The van der Waals surface area contributed by atoms with E-state index in [1.807, 2.05) is 68.4 Å². The summed E-state index contributed by atoms with van der Waals surface area (Å²) in [6.45, 7) is 13.9. The van der Waals surface area contributed by atoms with E-state index in [2.05, 4.69) is 62.5 Å². The van der Waals surface area contributed by atoms with E-state index < -0.39 is 11.7 Å². The Hall–Kier alpha value is -5.80. The normalized spacial score (nSPS) is 12.0. The second-order valence-electron chi connectivity index (χ2n) is 12.3. The number of benzene rings is 6. The van der Waals surface area contributed by atoms with Crippen LogP contribution in [0.3, 0.4) is 0 Å². The van der Waals surface area contributed by atoms with Crippen molar-refractivity contribution in [3.05, 3.63) is 149 Å². The van der Waals surface area contributed by atoms with Gasteiger partial charge in [-0.05, 0) is 91.6 Å². The van der Waals surface area contributed by atoms with Crippen LogP contribution in [0.15, 0.2) is 115 Å². The number of aryl methyl sites for hydroxylation is 3. The van der Waals surface area contributed by atoms with Gasteiger partial charge >= 0.3 is 6.18 Å². The van der Waals surface area contributed by atoms with E-state index in [1.165, 1.54) is 12.1 Å². The molecule has 6 aromatic carbocycles. The Morgan fingerprint density at radius 1 is 0.532 bits per heavy atom. The second kappa shape index (κ2) is 10.4. The van der Waals surface area contributed by atoms with Crippen molar-refractivity contribution in [1.29, 1.82) is 0 Å². The molecule has 0 fully saturated rings. The molecule has 8 rings (SSSR count). The molecule has 2 heterocycles. The summed E-state index contributed by atoms with van der Waals surface area (Å²) in [5.74, 6) is 0. The van der Waals surface area contributed by atoms with E-state index in [0.29, 0.717) is 33.8 Å². The van der Waals surface area contributed by atoms with E-state index in [0.717, 1.165) is 54.7 Å². The molecular weight excluding hydrogens is 591 g/mol. The van der Waals surface area contributed by atoms with Gasteiger partial charge in [-0.3, -0.25) is 0 Å². The molecule has 0 N–H and O–H groups in total. The minimum atomic E-state index is -4.54. The number of halogens is 3. The number of alkyl halides is 3. The van der Waals surface area contributed by atoms with Crippen LogP contribution in [0.2, 0.25) is 0 Å². The van der Waals surface area contributed by atoms with Crippen molar-refractivity contribution in [1.82, 2.24) is 9.13 Å². The van der Waals surface area contributed by atoms with Crippen molar-refractivity contribution in [3.8, 4) is 22.5 Å². The smallest absolute Gasteiger partial charge is 0.310 e. The summed E-state index contributed by atoms with van der Waals surface area (Å²) in [7, 11) is 0. The van der Waals surface area contributed by atoms with E-state index >= 15 is 0 Å². The van der Waals surface area contributed by atoms with Crippen LogP contribution in [0.5, 0.6) is 0 Å². The molecule has 0 saturated carbocycles. The topological polar surface area (TPSA) is 14.2 Å². The molecule has 2 aromatic heterocycles. The highest BCUT2D eigenvalue weighted by molar-refractivity contribution is 6.12. The van der Waals surface area contributed by atoms with Gasteiger partial charge in [0.05, 0.1) is 34.2 Å². The SMILES string of the molecule is [C-]#[N+]c1cc(-n2c3ccccc3c3ccc(C)cc32)c(-c2cc(C)cc(C(F)(F)F)c2)c(-n2c3ccccc3c3ccc(C)cc32)c1. The molecule has 0 amide bonds. The third kappa shape index (κ3) is 4.50. The van der Waals surface area contributed by atoms with Crippen LogP contribution in [0.25, 0.3) is 71.0 Å². The number of hydrogen-bond donors (Lipinski definition) is 0. The summed E-state index contributed by atoms with van der Waals surface area (Å²) in [5, 5.41) is 4.10. The molecule has 0 aliphatic heterocycles. The molecular formula is C41H28F3N3. The number of fused-ring (bicyclic) bond motifs is 6. The third-order valence-corrected chi connectivity index (χ3v) is 9.04. The van der Waals surface area contributed by atoms with Crippen LogP contribution in [-0.2, 0) is 6.18 Å². The molecule has 0 unspecified atom stereocenters.